The fourth-order valence-electron chi connectivity index (χ4n) is 1.99. The number of ether oxygens (including phenoxy) is 1. The van der Waals surface area contributed by atoms with Crippen LogP contribution in [-0.4, -0.2) is 22.7 Å². The minimum atomic E-state index is -0.449. The zero-order valence-electron chi connectivity index (χ0n) is 10.5. The molecule has 0 bridgehead atoms. The van der Waals surface area contributed by atoms with E-state index in [0.717, 1.165) is 24.5 Å². The molecular formula is C13H12FN3O2S. The number of rotatable bonds is 3. The molecule has 0 unspecified atom stereocenters. The molecule has 0 spiro atoms. The second kappa shape index (κ2) is 5.64. The number of benzene rings is 1. The van der Waals surface area contributed by atoms with E-state index in [1.54, 1.807) is 6.07 Å². The van der Waals surface area contributed by atoms with Gasteiger partial charge in [-0.05, 0) is 31.0 Å². The first-order valence-electron chi connectivity index (χ1n) is 6.24. The molecule has 1 aromatic carbocycles. The number of halogens is 1. The van der Waals surface area contributed by atoms with Gasteiger partial charge in [0.1, 0.15) is 16.9 Å². The topological polar surface area (TPSA) is 64.1 Å². The van der Waals surface area contributed by atoms with E-state index in [1.807, 2.05) is 0 Å². The monoisotopic (exact) mass is 293 g/mol. The number of hydrogen-bond donors (Lipinski definition) is 1. The molecule has 0 aliphatic carbocycles. The van der Waals surface area contributed by atoms with Crippen molar-refractivity contribution in [2.24, 2.45) is 0 Å². The third-order valence-electron chi connectivity index (χ3n) is 2.95. The summed E-state index contributed by atoms with van der Waals surface area (Å²) in [5.74, 6) is -0.852. The van der Waals surface area contributed by atoms with Crippen molar-refractivity contribution in [3.63, 3.8) is 0 Å². The standard InChI is InChI=1S/C13H12FN3O2S/c14-9-4-1-3-8(7-9)11(18)15-13-17-16-12(20-13)10-5-2-6-19-10/h1,3-4,7,10H,2,5-6H2,(H,15,17,18)/t10-/m0/s1. The zero-order valence-corrected chi connectivity index (χ0v) is 11.3. The largest absolute Gasteiger partial charge is 0.371 e. The van der Waals surface area contributed by atoms with Gasteiger partial charge in [0.05, 0.1) is 0 Å². The van der Waals surface area contributed by atoms with E-state index in [4.69, 9.17) is 4.74 Å². The summed E-state index contributed by atoms with van der Waals surface area (Å²) in [6, 6.07) is 5.50. The quantitative estimate of drug-likeness (QED) is 0.945. The predicted molar refractivity (Wildman–Crippen MR) is 72.2 cm³/mol. The third-order valence-corrected chi connectivity index (χ3v) is 3.88. The van der Waals surface area contributed by atoms with Crippen LogP contribution in [-0.2, 0) is 4.74 Å². The number of nitrogens with zero attached hydrogens (tertiary/aromatic N) is 2. The van der Waals surface area contributed by atoms with Crippen molar-refractivity contribution < 1.29 is 13.9 Å². The van der Waals surface area contributed by atoms with Gasteiger partial charge < -0.3 is 4.74 Å². The molecule has 1 aliphatic rings. The molecule has 1 N–H and O–H groups in total. The Morgan fingerprint density at radius 1 is 1.45 bits per heavy atom. The lowest BCUT2D eigenvalue weighted by Crippen LogP contribution is -2.11. The van der Waals surface area contributed by atoms with Gasteiger partial charge in [0.25, 0.3) is 5.91 Å². The van der Waals surface area contributed by atoms with Crippen molar-refractivity contribution in [1.82, 2.24) is 10.2 Å². The second-order valence-corrected chi connectivity index (χ2v) is 5.42. The van der Waals surface area contributed by atoms with Crippen molar-refractivity contribution in [1.29, 1.82) is 0 Å². The number of carbonyl (C=O) groups is 1. The van der Waals surface area contributed by atoms with Crippen molar-refractivity contribution in [2.75, 3.05) is 11.9 Å². The van der Waals surface area contributed by atoms with Crippen LogP contribution in [0.4, 0.5) is 9.52 Å². The first-order chi connectivity index (χ1) is 9.72. The fraction of sp³-hybridized carbons (Fsp3) is 0.308. The highest BCUT2D eigenvalue weighted by Crippen LogP contribution is 2.31. The van der Waals surface area contributed by atoms with Gasteiger partial charge in [0, 0.05) is 12.2 Å². The van der Waals surface area contributed by atoms with Crippen LogP contribution in [0, 0.1) is 5.82 Å². The normalized spacial score (nSPS) is 18.1. The van der Waals surface area contributed by atoms with Gasteiger partial charge in [0.15, 0.2) is 0 Å². The maximum Gasteiger partial charge on any atom is 0.257 e. The summed E-state index contributed by atoms with van der Waals surface area (Å²) in [7, 11) is 0. The molecule has 0 saturated carbocycles. The summed E-state index contributed by atoms with van der Waals surface area (Å²) in [6.07, 6.45) is 1.91. The average Bonchev–Trinajstić information content (AvgIpc) is 3.08. The molecule has 5 nitrogen and oxygen atoms in total. The Morgan fingerprint density at radius 2 is 2.35 bits per heavy atom. The Bertz CT molecular complexity index is 626. The summed E-state index contributed by atoms with van der Waals surface area (Å²) in [4.78, 5) is 11.9. The number of aromatic nitrogens is 2. The molecule has 3 rings (SSSR count). The minimum absolute atomic E-state index is 0.0210. The Balaban J connectivity index is 1.70. The molecule has 0 radical (unpaired) electrons. The van der Waals surface area contributed by atoms with Crippen LogP contribution in [0.5, 0.6) is 0 Å². The van der Waals surface area contributed by atoms with E-state index in [0.29, 0.717) is 5.13 Å². The van der Waals surface area contributed by atoms with E-state index >= 15 is 0 Å². The average molecular weight is 293 g/mol. The lowest BCUT2D eigenvalue weighted by atomic mass is 10.2. The minimum Gasteiger partial charge on any atom is -0.371 e. The van der Waals surface area contributed by atoms with Gasteiger partial charge >= 0.3 is 0 Å². The number of amides is 1. The zero-order chi connectivity index (χ0) is 13.9. The third kappa shape index (κ3) is 2.83. The van der Waals surface area contributed by atoms with Crippen LogP contribution in [0.3, 0.4) is 0 Å². The molecule has 2 heterocycles. The Hall–Kier alpha value is -1.86. The van der Waals surface area contributed by atoms with Gasteiger partial charge in [-0.1, -0.05) is 17.4 Å². The van der Waals surface area contributed by atoms with Crippen LogP contribution in [0.25, 0.3) is 0 Å². The van der Waals surface area contributed by atoms with E-state index in [2.05, 4.69) is 15.5 Å². The van der Waals surface area contributed by atoms with Crippen LogP contribution < -0.4 is 5.32 Å². The smallest absolute Gasteiger partial charge is 0.257 e. The molecule has 1 amide bonds. The molecule has 2 aromatic rings. The van der Waals surface area contributed by atoms with Gasteiger partial charge in [-0.15, -0.1) is 10.2 Å². The van der Waals surface area contributed by atoms with Crippen molar-refractivity contribution in [3.8, 4) is 0 Å². The SMILES string of the molecule is O=C(Nc1nnc([C@@H]2CCCO2)s1)c1cccc(F)c1. The maximum absolute atomic E-state index is 13.1. The molecule has 1 fully saturated rings. The van der Waals surface area contributed by atoms with Gasteiger partial charge in [-0.2, -0.15) is 0 Å². The first kappa shape index (κ1) is 13.1. The van der Waals surface area contributed by atoms with Gasteiger partial charge in [-0.25, -0.2) is 4.39 Å². The summed E-state index contributed by atoms with van der Waals surface area (Å²) in [5, 5.41) is 11.7. The molecular weight excluding hydrogens is 281 g/mol. The number of anilines is 1. The summed E-state index contributed by atoms with van der Waals surface area (Å²) >= 11 is 1.28. The Labute approximate surface area is 118 Å². The molecule has 1 saturated heterocycles. The fourth-order valence-corrected chi connectivity index (χ4v) is 2.81. The first-order valence-corrected chi connectivity index (χ1v) is 7.06. The van der Waals surface area contributed by atoms with Crippen molar-refractivity contribution in [2.45, 2.75) is 18.9 Å². The molecule has 7 heteroatoms. The Morgan fingerprint density at radius 3 is 3.10 bits per heavy atom. The lowest BCUT2D eigenvalue weighted by molar-refractivity contribution is 0.102. The molecule has 1 aromatic heterocycles. The number of nitrogens with one attached hydrogen (secondary N) is 1. The summed E-state index contributed by atoms with van der Waals surface area (Å²) < 4.78 is 18.6. The van der Waals surface area contributed by atoms with Gasteiger partial charge in [0.2, 0.25) is 5.13 Å². The Kier molecular flexibility index (Phi) is 3.70. The number of hydrogen-bond acceptors (Lipinski definition) is 5. The molecule has 1 atom stereocenters. The molecule has 1 aliphatic heterocycles. The van der Waals surface area contributed by atoms with Crippen LogP contribution >= 0.6 is 11.3 Å². The second-order valence-electron chi connectivity index (χ2n) is 4.41. The van der Waals surface area contributed by atoms with E-state index < -0.39 is 11.7 Å². The lowest BCUT2D eigenvalue weighted by Gasteiger charge is -2.02. The van der Waals surface area contributed by atoms with E-state index in [1.165, 1.54) is 29.5 Å². The van der Waals surface area contributed by atoms with Crippen molar-refractivity contribution >= 4 is 22.4 Å². The summed E-state index contributed by atoms with van der Waals surface area (Å²) in [5.41, 5.74) is 0.249. The van der Waals surface area contributed by atoms with Crippen LogP contribution in [0.2, 0.25) is 0 Å². The van der Waals surface area contributed by atoms with Crippen LogP contribution in [0.1, 0.15) is 34.3 Å². The van der Waals surface area contributed by atoms with E-state index in [-0.39, 0.29) is 11.7 Å². The van der Waals surface area contributed by atoms with Gasteiger partial charge in [-0.3, -0.25) is 10.1 Å². The van der Waals surface area contributed by atoms with Crippen molar-refractivity contribution in [3.05, 3.63) is 40.7 Å². The maximum atomic E-state index is 13.1. The van der Waals surface area contributed by atoms with Crippen LogP contribution in [0.15, 0.2) is 24.3 Å². The molecule has 104 valence electrons. The molecule has 20 heavy (non-hydrogen) atoms. The highest BCUT2D eigenvalue weighted by Gasteiger charge is 2.22. The van der Waals surface area contributed by atoms with E-state index in [9.17, 15) is 9.18 Å². The highest BCUT2D eigenvalue weighted by molar-refractivity contribution is 7.15. The number of carbonyl (C=O) groups excluding carboxylic acids is 1. The predicted octanol–water partition coefficient (Wildman–Crippen LogP) is 2.78. The summed E-state index contributed by atoms with van der Waals surface area (Å²) in [6.45, 7) is 0.731. The highest BCUT2D eigenvalue weighted by atomic mass is 32.1.